The first-order valence-electron chi connectivity index (χ1n) is 6.39. The predicted molar refractivity (Wildman–Crippen MR) is 81.1 cm³/mol. The predicted octanol–water partition coefficient (Wildman–Crippen LogP) is 2.43. The largest absolute Gasteiger partial charge is 0.493 e. The summed E-state index contributed by atoms with van der Waals surface area (Å²) in [4.78, 5) is 22.6. The summed E-state index contributed by atoms with van der Waals surface area (Å²) < 4.78 is 11.6. The molecule has 6 nitrogen and oxygen atoms in total. The molecule has 1 fully saturated rings. The minimum Gasteiger partial charge on any atom is -0.493 e. The molecule has 0 atom stereocenters. The number of carbonyl (C=O) groups excluding carboxylic acids is 2. The Hall–Kier alpha value is -2.02. The maximum atomic E-state index is 11.5. The second kappa shape index (κ2) is 6.62. The van der Waals surface area contributed by atoms with Gasteiger partial charge in [-0.15, -0.1) is 0 Å². The Balaban J connectivity index is 2.34. The van der Waals surface area contributed by atoms with Gasteiger partial charge in [0.05, 0.1) is 18.2 Å². The highest BCUT2D eigenvalue weighted by Crippen LogP contribution is 2.37. The first kappa shape index (κ1) is 15.4. The van der Waals surface area contributed by atoms with E-state index in [-0.39, 0.29) is 5.70 Å². The quantitative estimate of drug-likeness (QED) is 0.628. The van der Waals surface area contributed by atoms with Crippen molar-refractivity contribution in [3.8, 4) is 11.5 Å². The van der Waals surface area contributed by atoms with Crippen molar-refractivity contribution >= 4 is 33.9 Å². The summed E-state index contributed by atoms with van der Waals surface area (Å²) in [5.41, 5.74) is 0.895. The monoisotopic (exact) mass is 354 g/mol. The van der Waals surface area contributed by atoms with E-state index in [2.05, 4.69) is 26.6 Å². The van der Waals surface area contributed by atoms with Crippen molar-refractivity contribution in [2.24, 2.45) is 0 Å². The molecule has 21 heavy (non-hydrogen) atoms. The summed E-state index contributed by atoms with van der Waals surface area (Å²) in [5, 5.41) is 4.58. The molecule has 1 saturated heterocycles. The first-order valence-corrected chi connectivity index (χ1v) is 7.18. The smallest absolute Gasteiger partial charge is 0.326 e. The lowest BCUT2D eigenvalue weighted by atomic mass is 10.1. The zero-order chi connectivity index (χ0) is 15.4. The molecule has 0 unspecified atom stereocenters. The van der Waals surface area contributed by atoms with Crippen LogP contribution in [0.2, 0.25) is 0 Å². The Morgan fingerprint density at radius 2 is 2.05 bits per heavy atom. The van der Waals surface area contributed by atoms with E-state index in [0.717, 1.165) is 6.42 Å². The van der Waals surface area contributed by atoms with Gasteiger partial charge in [-0.1, -0.05) is 6.92 Å². The van der Waals surface area contributed by atoms with Crippen LogP contribution in [0.25, 0.3) is 6.08 Å². The minimum atomic E-state index is -0.528. The molecule has 2 N–H and O–H groups in total. The highest BCUT2D eigenvalue weighted by atomic mass is 79.9. The van der Waals surface area contributed by atoms with Crippen molar-refractivity contribution in [3.63, 3.8) is 0 Å². The maximum absolute atomic E-state index is 11.5. The third kappa shape index (κ3) is 3.55. The zero-order valence-electron chi connectivity index (χ0n) is 11.7. The molecule has 1 aromatic carbocycles. The average molecular weight is 355 g/mol. The van der Waals surface area contributed by atoms with Crippen molar-refractivity contribution in [1.29, 1.82) is 0 Å². The van der Waals surface area contributed by atoms with Crippen molar-refractivity contribution in [1.82, 2.24) is 10.6 Å². The summed E-state index contributed by atoms with van der Waals surface area (Å²) in [7, 11) is 1.54. The highest BCUT2D eigenvalue weighted by Gasteiger charge is 2.23. The number of rotatable bonds is 5. The Kier molecular flexibility index (Phi) is 4.85. The van der Waals surface area contributed by atoms with E-state index in [4.69, 9.17) is 9.47 Å². The number of methoxy groups -OCH3 is 1. The molecule has 1 aromatic rings. The third-order valence-corrected chi connectivity index (χ3v) is 3.32. The molecule has 1 aliphatic heterocycles. The van der Waals surface area contributed by atoms with Gasteiger partial charge in [0.25, 0.3) is 5.91 Å². The van der Waals surface area contributed by atoms with Gasteiger partial charge in [0.15, 0.2) is 11.5 Å². The Morgan fingerprint density at radius 1 is 1.29 bits per heavy atom. The van der Waals surface area contributed by atoms with Crippen molar-refractivity contribution < 1.29 is 19.1 Å². The number of benzene rings is 1. The van der Waals surface area contributed by atoms with E-state index in [1.54, 1.807) is 25.3 Å². The van der Waals surface area contributed by atoms with E-state index in [1.165, 1.54) is 0 Å². The van der Waals surface area contributed by atoms with Gasteiger partial charge in [-0.25, -0.2) is 4.79 Å². The van der Waals surface area contributed by atoms with E-state index in [9.17, 15) is 9.59 Å². The molecule has 0 saturated carbocycles. The first-order chi connectivity index (χ1) is 10.0. The summed E-state index contributed by atoms with van der Waals surface area (Å²) in [6.45, 7) is 2.59. The van der Waals surface area contributed by atoms with E-state index in [1.807, 2.05) is 6.92 Å². The lowest BCUT2D eigenvalue weighted by molar-refractivity contribution is -0.115. The SMILES string of the molecule is CCCOc1c(Br)cc(/C=C2/NC(=O)NC2=O)cc1OC. The van der Waals surface area contributed by atoms with E-state index in [0.29, 0.717) is 28.1 Å². The standard InChI is InChI=1S/C14H15BrN2O4/c1-3-4-21-12-9(15)5-8(7-11(12)20-2)6-10-13(18)17-14(19)16-10/h5-7H,3-4H2,1-2H3,(H2,16,17,18,19)/b10-6+. The fourth-order valence-electron chi connectivity index (χ4n) is 1.82. The molecule has 0 radical (unpaired) electrons. The maximum Gasteiger partial charge on any atom is 0.326 e. The normalized spacial score (nSPS) is 15.9. The number of ether oxygens (including phenoxy) is 2. The number of urea groups is 1. The summed E-state index contributed by atoms with van der Waals surface area (Å²) in [6, 6.07) is 3.00. The van der Waals surface area contributed by atoms with Crippen LogP contribution in [0, 0.1) is 0 Å². The molecule has 2 rings (SSSR count). The minimum absolute atomic E-state index is 0.191. The number of hydrogen-bond acceptors (Lipinski definition) is 4. The highest BCUT2D eigenvalue weighted by molar-refractivity contribution is 9.10. The molecular formula is C14H15BrN2O4. The molecule has 0 bridgehead atoms. The molecular weight excluding hydrogens is 340 g/mol. The van der Waals surface area contributed by atoms with Gasteiger partial charge in [0, 0.05) is 0 Å². The second-order valence-electron chi connectivity index (χ2n) is 4.35. The zero-order valence-corrected chi connectivity index (χ0v) is 13.2. The van der Waals surface area contributed by atoms with Crippen LogP contribution in [0.5, 0.6) is 11.5 Å². The van der Waals surface area contributed by atoms with Gasteiger partial charge in [-0.3, -0.25) is 10.1 Å². The van der Waals surface area contributed by atoms with Gasteiger partial charge in [0.2, 0.25) is 0 Å². The van der Waals surface area contributed by atoms with Crippen LogP contribution >= 0.6 is 15.9 Å². The van der Waals surface area contributed by atoms with Crippen molar-refractivity contribution in [2.45, 2.75) is 13.3 Å². The molecule has 0 aliphatic carbocycles. The number of halogens is 1. The summed E-state index contributed by atoms with van der Waals surface area (Å²) in [6.07, 6.45) is 2.45. The van der Waals surface area contributed by atoms with Crippen LogP contribution in [0.4, 0.5) is 4.79 Å². The number of hydrogen-bond donors (Lipinski definition) is 2. The molecule has 112 valence electrons. The van der Waals surface area contributed by atoms with Crippen molar-refractivity contribution in [2.75, 3.05) is 13.7 Å². The number of nitrogens with one attached hydrogen (secondary N) is 2. The molecule has 1 heterocycles. The van der Waals surface area contributed by atoms with Gasteiger partial charge in [0.1, 0.15) is 5.70 Å². The molecule has 1 aliphatic rings. The number of amides is 3. The van der Waals surface area contributed by atoms with E-state index >= 15 is 0 Å². The lowest BCUT2D eigenvalue weighted by Crippen LogP contribution is -2.22. The van der Waals surface area contributed by atoms with Crippen LogP contribution in [0.1, 0.15) is 18.9 Å². The molecule has 7 heteroatoms. The molecule has 3 amide bonds. The fourth-order valence-corrected chi connectivity index (χ4v) is 2.39. The van der Waals surface area contributed by atoms with Crippen molar-refractivity contribution in [3.05, 3.63) is 27.9 Å². The van der Waals surface area contributed by atoms with E-state index < -0.39 is 11.9 Å². The van der Waals surface area contributed by atoms with Gasteiger partial charge in [-0.2, -0.15) is 0 Å². The summed E-state index contributed by atoms with van der Waals surface area (Å²) >= 11 is 3.42. The molecule has 0 spiro atoms. The Bertz CT molecular complexity index is 613. The summed E-state index contributed by atoms with van der Waals surface area (Å²) in [5.74, 6) is 0.706. The van der Waals surface area contributed by atoms with Gasteiger partial charge in [-0.05, 0) is 46.1 Å². The van der Waals surface area contributed by atoms with Gasteiger partial charge >= 0.3 is 6.03 Å². The Morgan fingerprint density at radius 3 is 2.62 bits per heavy atom. The number of imide groups is 1. The van der Waals surface area contributed by atoms with Crippen LogP contribution in [-0.4, -0.2) is 25.7 Å². The van der Waals surface area contributed by atoms with Crippen LogP contribution in [0.3, 0.4) is 0 Å². The lowest BCUT2D eigenvalue weighted by Gasteiger charge is -2.13. The van der Waals surface area contributed by atoms with Crippen LogP contribution in [0.15, 0.2) is 22.3 Å². The topological polar surface area (TPSA) is 76.7 Å². The molecule has 0 aromatic heterocycles. The van der Waals surface area contributed by atoms with Crippen LogP contribution in [-0.2, 0) is 4.79 Å². The average Bonchev–Trinajstić information content (AvgIpc) is 2.75. The third-order valence-electron chi connectivity index (χ3n) is 2.73. The second-order valence-corrected chi connectivity index (χ2v) is 5.20. The fraction of sp³-hybridized carbons (Fsp3) is 0.286. The Labute approximate surface area is 130 Å². The number of carbonyl (C=O) groups is 2. The van der Waals surface area contributed by atoms with Crippen LogP contribution < -0.4 is 20.1 Å². The van der Waals surface area contributed by atoms with Gasteiger partial charge < -0.3 is 14.8 Å².